The highest BCUT2D eigenvalue weighted by Gasteiger charge is 2.05. The fourth-order valence-electron chi connectivity index (χ4n) is 1.90. The third kappa shape index (κ3) is 3.10. The molecule has 18 heavy (non-hydrogen) atoms. The maximum absolute atomic E-state index is 8.87. The highest BCUT2D eigenvalue weighted by Crippen LogP contribution is 2.24. The Hall–Kier alpha value is -1.35. The minimum atomic E-state index is -0.108. The van der Waals surface area contributed by atoms with E-state index in [1.165, 1.54) is 0 Å². The number of aliphatic hydroxyl groups excluding tert-OH is 1. The Morgan fingerprint density at radius 1 is 1.06 bits per heavy atom. The molecule has 2 nitrogen and oxygen atoms in total. The maximum atomic E-state index is 8.87. The third-order valence-electron chi connectivity index (χ3n) is 2.94. The molecule has 2 aromatic carbocycles. The molecule has 0 radical (unpaired) electrons. The van der Waals surface area contributed by atoms with E-state index in [9.17, 15) is 0 Å². The summed E-state index contributed by atoms with van der Waals surface area (Å²) in [6.07, 6.45) is 0.580. The summed E-state index contributed by atoms with van der Waals surface area (Å²) in [5, 5.41) is 9.60. The Morgan fingerprint density at radius 3 is 2.39 bits per heavy atom. The lowest BCUT2D eigenvalue weighted by atomic mass is 10.00. The van der Waals surface area contributed by atoms with Crippen LogP contribution in [0.1, 0.15) is 18.0 Å². The van der Waals surface area contributed by atoms with E-state index in [1.54, 1.807) is 0 Å². The zero-order valence-corrected chi connectivity index (χ0v) is 10.8. The molecule has 0 aliphatic heterocycles. The summed E-state index contributed by atoms with van der Waals surface area (Å²) >= 11 is 5.97. The van der Waals surface area contributed by atoms with Crippen LogP contribution < -0.4 is 5.73 Å². The van der Waals surface area contributed by atoms with Gasteiger partial charge in [0.25, 0.3) is 0 Å². The van der Waals surface area contributed by atoms with Crippen LogP contribution in [0.3, 0.4) is 0 Å². The summed E-state index contributed by atoms with van der Waals surface area (Å²) in [5.74, 6) is 0. The fourth-order valence-corrected chi connectivity index (χ4v) is 2.09. The van der Waals surface area contributed by atoms with Crippen molar-refractivity contribution >= 4 is 11.6 Å². The Bertz CT molecular complexity index is 510. The molecule has 2 rings (SSSR count). The lowest BCUT2D eigenvalue weighted by Crippen LogP contribution is -2.11. The zero-order valence-electron chi connectivity index (χ0n) is 10.0. The van der Waals surface area contributed by atoms with Crippen molar-refractivity contribution in [2.75, 3.05) is 6.61 Å². The molecule has 1 atom stereocenters. The normalized spacial score (nSPS) is 12.4. The maximum Gasteiger partial charge on any atom is 0.0449 e. The summed E-state index contributed by atoms with van der Waals surface area (Å²) in [6.45, 7) is 0.108. The third-order valence-corrected chi connectivity index (χ3v) is 3.17. The smallest absolute Gasteiger partial charge is 0.0449 e. The molecular weight excluding hydrogens is 246 g/mol. The lowest BCUT2D eigenvalue weighted by molar-refractivity contribution is 0.276. The van der Waals surface area contributed by atoms with Gasteiger partial charge in [0.05, 0.1) is 0 Å². The monoisotopic (exact) mass is 261 g/mol. The van der Waals surface area contributed by atoms with Crippen molar-refractivity contribution in [2.45, 2.75) is 12.5 Å². The average molecular weight is 262 g/mol. The predicted octanol–water partition coefficient (Wildman–Crippen LogP) is 3.39. The number of aliphatic hydroxyl groups is 1. The predicted molar refractivity (Wildman–Crippen MR) is 75.5 cm³/mol. The lowest BCUT2D eigenvalue weighted by Gasteiger charge is -2.11. The summed E-state index contributed by atoms with van der Waals surface area (Å²) in [4.78, 5) is 0. The molecule has 0 amide bonds. The Labute approximate surface area is 112 Å². The van der Waals surface area contributed by atoms with Crippen molar-refractivity contribution in [1.29, 1.82) is 0 Å². The molecule has 0 spiro atoms. The van der Waals surface area contributed by atoms with E-state index in [4.69, 9.17) is 22.4 Å². The van der Waals surface area contributed by atoms with Crippen LogP contribution in [0.5, 0.6) is 0 Å². The van der Waals surface area contributed by atoms with Gasteiger partial charge in [-0.15, -0.1) is 0 Å². The van der Waals surface area contributed by atoms with Gasteiger partial charge >= 0.3 is 0 Å². The second-order valence-electron chi connectivity index (χ2n) is 4.25. The molecule has 1 unspecified atom stereocenters. The molecular formula is C15H16ClNO. The van der Waals surface area contributed by atoms with E-state index < -0.39 is 0 Å². The van der Waals surface area contributed by atoms with Crippen LogP contribution in [0.2, 0.25) is 5.02 Å². The van der Waals surface area contributed by atoms with Crippen LogP contribution in [0.4, 0.5) is 0 Å². The standard InChI is InChI=1S/C15H16ClNO/c16-14-3-1-2-13(10-14)11-4-6-12(7-5-11)15(17)8-9-18/h1-7,10,15,18H,8-9,17H2. The number of hydrogen-bond donors (Lipinski definition) is 2. The number of halogens is 1. The van der Waals surface area contributed by atoms with Crippen molar-refractivity contribution in [3.63, 3.8) is 0 Å². The topological polar surface area (TPSA) is 46.2 Å². The highest BCUT2D eigenvalue weighted by molar-refractivity contribution is 6.30. The number of nitrogens with two attached hydrogens (primary N) is 1. The summed E-state index contributed by atoms with van der Waals surface area (Å²) in [6, 6.07) is 15.7. The second kappa shape index (κ2) is 6.01. The Kier molecular flexibility index (Phi) is 4.37. The van der Waals surface area contributed by atoms with E-state index in [0.717, 1.165) is 21.7 Å². The molecule has 0 heterocycles. The fraction of sp³-hybridized carbons (Fsp3) is 0.200. The quantitative estimate of drug-likeness (QED) is 0.886. The van der Waals surface area contributed by atoms with Gasteiger partial charge in [0.15, 0.2) is 0 Å². The number of hydrogen-bond acceptors (Lipinski definition) is 2. The molecule has 2 aromatic rings. The Morgan fingerprint density at radius 2 is 1.78 bits per heavy atom. The van der Waals surface area contributed by atoms with Gasteiger partial charge in [0.2, 0.25) is 0 Å². The molecule has 0 saturated heterocycles. The number of benzene rings is 2. The molecule has 94 valence electrons. The van der Waals surface area contributed by atoms with Gasteiger partial charge in [0, 0.05) is 17.7 Å². The molecule has 3 N–H and O–H groups in total. The highest BCUT2D eigenvalue weighted by atomic mass is 35.5. The first kappa shape index (κ1) is 13.1. The summed E-state index contributed by atoms with van der Waals surface area (Å²) < 4.78 is 0. The summed E-state index contributed by atoms with van der Waals surface area (Å²) in [5.41, 5.74) is 9.17. The Balaban J connectivity index is 2.22. The van der Waals surface area contributed by atoms with Gasteiger partial charge in [-0.05, 0) is 35.2 Å². The molecule has 0 fully saturated rings. The molecule has 0 aliphatic carbocycles. The van der Waals surface area contributed by atoms with E-state index >= 15 is 0 Å². The largest absolute Gasteiger partial charge is 0.396 e. The molecule has 3 heteroatoms. The minimum absolute atomic E-state index is 0.108. The van der Waals surface area contributed by atoms with E-state index in [1.807, 2.05) is 48.5 Å². The van der Waals surface area contributed by atoms with Crippen LogP contribution in [0.15, 0.2) is 48.5 Å². The van der Waals surface area contributed by atoms with E-state index in [-0.39, 0.29) is 12.6 Å². The first-order valence-electron chi connectivity index (χ1n) is 5.93. The van der Waals surface area contributed by atoms with Crippen molar-refractivity contribution in [1.82, 2.24) is 0 Å². The average Bonchev–Trinajstić information content (AvgIpc) is 2.39. The molecule has 0 bridgehead atoms. The van der Waals surface area contributed by atoms with Gasteiger partial charge in [-0.1, -0.05) is 48.0 Å². The van der Waals surface area contributed by atoms with Crippen molar-refractivity contribution in [3.8, 4) is 11.1 Å². The summed E-state index contributed by atoms with van der Waals surface area (Å²) in [7, 11) is 0. The van der Waals surface area contributed by atoms with Gasteiger partial charge < -0.3 is 10.8 Å². The molecule has 0 aromatic heterocycles. The molecule has 0 aliphatic rings. The van der Waals surface area contributed by atoms with Gasteiger partial charge in [0.1, 0.15) is 0 Å². The van der Waals surface area contributed by atoms with Crippen molar-refractivity contribution in [3.05, 3.63) is 59.1 Å². The van der Waals surface area contributed by atoms with Crippen LogP contribution in [0.25, 0.3) is 11.1 Å². The van der Waals surface area contributed by atoms with Gasteiger partial charge in [-0.3, -0.25) is 0 Å². The number of rotatable bonds is 4. The van der Waals surface area contributed by atoms with Crippen molar-refractivity contribution < 1.29 is 5.11 Å². The SMILES string of the molecule is NC(CCO)c1ccc(-c2cccc(Cl)c2)cc1. The van der Waals surface area contributed by atoms with Crippen molar-refractivity contribution in [2.24, 2.45) is 5.73 Å². The van der Waals surface area contributed by atoms with Crippen LogP contribution >= 0.6 is 11.6 Å². The zero-order chi connectivity index (χ0) is 13.0. The van der Waals surface area contributed by atoms with E-state index in [0.29, 0.717) is 6.42 Å². The van der Waals surface area contributed by atoms with Crippen LogP contribution in [-0.2, 0) is 0 Å². The first-order valence-corrected chi connectivity index (χ1v) is 6.31. The van der Waals surface area contributed by atoms with Gasteiger partial charge in [-0.25, -0.2) is 0 Å². The van der Waals surface area contributed by atoms with E-state index in [2.05, 4.69) is 0 Å². The molecule has 0 saturated carbocycles. The van der Waals surface area contributed by atoms with Gasteiger partial charge in [-0.2, -0.15) is 0 Å². The van der Waals surface area contributed by atoms with Crippen LogP contribution in [-0.4, -0.2) is 11.7 Å². The van der Waals surface area contributed by atoms with Crippen LogP contribution in [0, 0.1) is 0 Å². The first-order chi connectivity index (χ1) is 8.70. The minimum Gasteiger partial charge on any atom is -0.396 e. The second-order valence-corrected chi connectivity index (χ2v) is 4.69.